The number of rotatable bonds is 5. The van der Waals surface area contributed by atoms with Gasteiger partial charge in [0.25, 0.3) is 0 Å². The molecule has 1 aliphatic heterocycles. The number of aliphatic carboxylic acids is 1. The molecule has 1 aromatic carbocycles. The van der Waals surface area contributed by atoms with E-state index in [1.54, 1.807) is 32.2 Å². The molecule has 0 saturated carbocycles. The normalized spacial score (nSPS) is 20.2. The van der Waals surface area contributed by atoms with Crippen molar-refractivity contribution in [3.63, 3.8) is 0 Å². The molecule has 1 aromatic rings. The summed E-state index contributed by atoms with van der Waals surface area (Å²) >= 11 is 1.89. The van der Waals surface area contributed by atoms with Gasteiger partial charge in [-0.3, -0.25) is 4.79 Å². The summed E-state index contributed by atoms with van der Waals surface area (Å²) in [5.41, 5.74) is 0.733. The number of carboxylic acid groups (broad SMARTS) is 1. The van der Waals surface area contributed by atoms with Crippen LogP contribution in [0.3, 0.4) is 0 Å². The van der Waals surface area contributed by atoms with Gasteiger partial charge in [-0.25, -0.2) is 0 Å². The van der Waals surface area contributed by atoms with Gasteiger partial charge in [0.05, 0.1) is 13.0 Å². The van der Waals surface area contributed by atoms with Crippen LogP contribution in [-0.2, 0) is 4.79 Å². The molecule has 1 saturated heterocycles. The zero-order chi connectivity index (χ0) is 14.5. The lowest BCUT2D eigenvalue weighted by Gasteiger charge is -2.24. The molecule has 4 nitrogen and oxygen atoms in total. The second kappa shape index (κ2) is 6.88. The summed E-state index contributed by atoms with van der Waals surface area (Å²) < 4.78 is 11.3. The smallest absolute Gasteiger partial charge is 0.310 e. The third-order valence-corrected chi connectivity index (χ3v) is 4.66. The molecule has 0 spiro atoms. The van der Waals surface area contributed by atoms with Crippen LogP contribution in [0.2, 0.25) is 0 Å². The van der Waals surface area contributed by atoms with Gasteiger partial charge in [-0.1, -0.05) is 6.07 Å². The fourth-order valence-electron chi connectivity index (χ4n) is 2.18. The van der Waals surface area contributed by atoms with Crippen LogP contribution in [0.5, 0.6) is 11.5 Å². The Morgan fingerprint density at radius 1 is 1.45 bits per heavy atom. The first-order chi connectivity index (χ1) is 9.61. The summed E-state index contributed by atoms with van der Waals surface area (Å²) in [4.78, 5) is 11.1. The monoisotopic (exact) mass is 296 g/mol. The highest BCUT2D eigenvalue weighted by molar-refractivity contribution is 7.99. The maximum Gasteiger partial charge on any atom is 0.310 e. The second-order valence-electron chi connectivity index (χ2n) is 4.93. The number of carboxylic acids is 1. The van der Waals surface area contributed by atoms with Gasteiger partial charge in [0.2, 0.25) is 0 Å². The Bertz CT molecular complexity index is 469. The lowest BCUT2D eigenvalue weighted by molar-refractivity contribution is -0.138. The highest BCUT2D eigenvalue weighted by atomic mass is 32.2. The highest BCUT2D eigenvalue weighted by Crippen LogP contribution is 2.33. The van der Waals surface area contributed by atoms with Crippen molar-refractivity contribution in [2.45, 2.75) is 31.8 Å². The van der Waals surface area contributed by atoms with E-state index < -0.39 is 11.9 Å². The van der Waals surface area contributed by atoms with E-state index in [9.17, 15) is 4.79 Å². The minimum absolute atomic E-state index is 0.179. The summed E-state index contributed by atoms with van der Waals surface area (Å²) in [6.07, 6.45) is 2.37. The first-order valence-electron chi connectivity index (χ1n) is 6.77. The lowest BCUT2D eigenvalue weighted by Crippen LogP contribution is -2.23. The van der Waals surface area contributed by atoms with Gasteiger partial charge in [0, 0.05) is 5.75 Å². The van der Waals surface area contributed by atoms with Crippen molar-refractivity contribution in [2.24, 2.45) is 0 Å². The molecule has 2 atom stereocenters. The van der Waals surface area contributed by atoms with E-state index in [-0.39, 0.29) is 6.10 Å². The van der Waals surface area contributed by atoms with Crippen molar-refractivity contribution in [3.05, 3.63) is 23.8 Å². The van der Waals surface area contributed by atoms with Crippen LogP contribution < -0.4 is 9.47 Å². The molecule has 5 heteroatoms. The molecule has 110 valence electrons. The number of hydrogen-bond acceptors (Lipinski definition) is 4. The molecule has 2 rings (SSSR count). The molecule has 20 heavy (non-hydrogen) atoms. The maximum absolute atomic E-state index is 11.1. The van der Waals surface area contributed by atoms with E-state index in [4.69, 9.17) is 14.6 Å². The standard InChI is InChI=1S/C15H20O4S/c1-10(15(16)17)11-5-6-13(18-2)14(8-11)19-12-4-3-7-20-9-12/h5-6,8,10,12H,3-4,7,9H2,1-2H3,(H,16,17). The molecule has 0 amide bonds. The van der Waals surface area contributed by atoms with E-state index in [0.29, 0.717) is 11.5 Å². The first-order valence-corrected chi connectivity index (χ1v) is 7.92. The van der Waals surface area contributed by atoms with E-state index in [2.05, 4.69) is 0 Å². The van der Waals surface area contributed by atoms with E-state index in [0.717, 1.165) is 24.2 Å². The van der Waals surface area contributed by atoms with Gasteiger partial charge in [0.15, 0.2) is 11.5 Å². The van der Waals surface area contributed by atoms with E-state index in [1.165, 1.54) is 5.75 Å². The minimum Gasteiger partial charge on any atom is -0.493 e. The van der Waals surface area contributed by atoms with Crippen LogP contribution in [0, 0.1) is 0 Å². The predicted octanol–water partition coefficient (Wildman–Crippen LogP) is 3.16. The van der Waals surface area contributed by atoms with Crippen molar-refractivity contribution in [1.29, 1.82) is 0 Å². The van der Waals surface area contributed by atoms with Gasteiger partial charge >= 0.3 is 5.97 Å². The predicted molar refractivity (Wildman–Crippen MR) is 80.0 cm³/mol. The summed E-state index contributed by atoms with van der Waals surface area (Å²) in [5, 5.41) is 9.10. The van der Waals surface area contributed by atoms with Crippen molar-refractivity contribution >= 4 is 17.7 Å². The molecule has 1 N–H and O–H groups in total. The van der Waals surface area contributed by atoms with Crippen molar-refractivity contribution in [2.75, 3.05) is 18.6 Å². The van der Waals surface area contributed by atoms with Crippen LogP contribution in [0.1, 0.15) is 31.2 Å². The van der Waals surface area contributed by atoms with Crippen LogP contribution in [-0.4, -0.2) is 35.8 Å². The minimum atomic E-state index is -0.839. The average Bonchev–Trinajstić information content (AvgIpc) is 2.47. The topological polar surface area (TPSA) is 55.8 Å². The van der Waals surface area contributed by atoms with Crippen LogP contribution in [0.4, 0.5) is 0 Å². The number of methoxy groups -OCH3 is 1. The van der Waals surface area contributed by atoms with Crippen LogP contribution in [0.15, 0.2) is 18.2 Å². The Morgan fingerprint density at radius 3 is 2.85 bits per heavy atom. The van der Waals surface area contributed by atoms with E-state index >= 15 is 0 Å². The number of ether oxygens (including phenoxy) is 2. The fraction of sp³-hybridized carbons (Fsp3) is 0.533. The van der Waals surface area contributed by atoms with Gasteiger partial charge in [-0.15, -0.1) is 0 Å². The SMILES string of the molecule is COc1ccc(C(C)C(=O)O)cc1OC1CCCSC1. The van der Waals surface area contributed by atoms with Gasteiger partial charge in [-0.05, 0) is 43.2 Å². The third-order valence-electron chi connectivity index (χ3n) is 3.47. The van der Waals surface area contributed by atoms with Crippen molar-refractivity contribution < 1.29 is 19.4 Å². The number of benzene rings is 1. The molecule has 0 aromatic heterocycles. The second-order valence-corrected chi connectivity index (χ2v) is 6.08. The molecule has 1 aliphatic rings. The molecule has 0 aliphatic carbocycles. The zero-order valence-corrected chi connectivity index (χ0v) is 12.6. The van der Waals surface area contributed by atoms with Gasteiger partial charge in [-0.2, -0.15) is 11.8 Å². The van der Waals surface area contributed by atoms with Crippen molar-refractivity contribution in [3.8, 4) is 11.5 Å². The lowest BCUT2D eigenvalue weighted by atomic mass is 10.0. The van der Waals surface area contributed by atoms with Crippen LogP contribution >= 0.6 is 11.8 Å². The highest BCUT2D eigenvalue weighted by Gasteiger charge is 2.20. The maximum atomic E-state index is 11.1. The van der Waals surface area contributed by atoms with Crippen LogP contribution in [0.25, 0.3) is 0 Å². The molecular formula is C15H20O4S. The molecule has 1 fully saturated rings. The molecule has 2 unspecified atom stereocenters. The Hall–Kier alpha value is -1.36. The van der Waals surface area contributed by atoms with E-state index in [1.807, 2.05) is 11.8 Å². The largest absolute Gasteiger partial charge is 0.493 e. The average molecular weight is 296 g/mol. The summed E-state index contributed by atoms with van der Waals surface area (Å²) in [6.45, 7) is 1.67. The number of thioether (sulfide) groups is 1. The first kappa shape index (κ1) is 15.0. The zero-order valence-electron chi connectivity index (χ0n) is 11.8. The quantitative estimate of drug-likeness (QED) is 0.904. The van der Waals surface area contributed by atoms with Crippen molar-refractivity contribution in [1.82, 2.24) is 0 Å². The Kier molecular flexibility index (Phi) is 5.17. The molecular weight excluding hydrogens is 276 g/mol. The summed E-state index contributed by atoms with van der Waals surface area (Å²) in [5.74, 6) is 2.07. The Labute approximate surface area is 123 Å². The molecule has 1 heterocycles. The van der Waals surface area contributed by atoms with Gasteiger partial charge in [0.1, 0.15) is 6.10 Å². The summed E-state index contributed by atoms with van der Waals surface area (Å²) in [6, 6.07) is 5.34. The fourth-order valence-corrected chi connectivity index (χ4v) is 3.22. The Morgan fingerprint density at radius 2 is 2.25 bits per heavy atom. The summed E-state index contributed by atoms with van der Waals surface area (Å²) in [7, 11) is 1.60. The molecule has 0 bridgehead atoms. The third kappa shape index (κ3) is 3.60. The number of carbonyl (C=O) groups is 1. The number of hydrogen-bond donors (Lipinski definition) is 1. The Balaban J connectivity index is 2.19. The van der Waals surface area contributed by atoms with Gasteiger partial charge < -0.3 is 14.6 Å². The molecule has 0 radical (unpaired) electrons.